The van der Waals surface area contributed by atoms with Crippen molar-refractivity contribution in [3.05, 3.63) is 0 Å². The maximum Gasteiger partial charge on any atom is 0.192 e. The van der Waals surface area contributed by atoms with E-state index < -0.39 is 8.32 Å². The number of rotatable bonds is 5. The molecule has 1 aliphatic rings. The van der Waals surface area contributed by atoms with Gasteiger partial charge >= 0.3 is 0 Å². The highest BCUT2D eigenvalue weighted by Gasteiger charge is 2.56. The maximum absolute atomic E-state index is 9.98. The Hall–Kier alpha value is 0.137. The van der Waals surface area contributed by atoms with E-state index in [-0.39, 0.29) is 16.7 Å². The van der Waals surface area contributed by atoms with Gasteiger partial charge in [0.1, 0.15) is 0 Å². The van der Waals surface area contributed by atoms with Gasteiger partial charge in [0.2, 0.25) is 0 Å². The van der Waals surface area contributed by atoms with Crippen LogP contribution in [0.25, 0.3) is 0 Å². The molecule has 0 heterocycles. The molecule has 0 aromatic carbocycles. The van der Waals surface area contributed by atoms with Crippen LogP contribution in [0.5, 0.6) is 0 Å². The Morgan fingerprint density at radius 2 is 1.83 bits per heavy atom. The molecule has 1 aliphatic carbocycles. The van der Waals surface area contributed by atoms with Gasteiger partial charge in [0.15, 0.2) is 8.32 Å². The molecule has 1 N–H and O–H groups in total. The van der Waals surface area contributed by atoms with Gasteiger partial charge in [0.05, 0.1) is 11.7 Å². The molecule has 3 heteroatoms. The number of aliphatic hydroxyl groups is 1. The second kappa shape index (κ2) is 4.91. The molecule has 2 nitrogen and oxygen atoms in total. The fourth-order valence-corrected chi connectivity index (χ4v) is 3.91. The van der Waals surface area contributed by atoms with Crippen molar-refractivity contribution in [2.45, 2.75) is 84.2 Å². The molecule has 0 radical (unpaired) electrons. The van der Waals surface area contributed by atoms with E-state index in [2.05, 4.69) is 54.6 Å². The van der Waals surface area contributed by atoms with Crippen molar-refractivity contribution in [1.82, 2.24) is 0 Å². The first-order chi connectivity index (χ1) is 7.89. The van der Waals surface area contributed by atoms with Crippen molar-refractivity contribution in [2.24, 2.45) is 11.8 Å². The summed E-state index contributed by atoms with van der Waals surface area (Å²) in [5.41, 5.74) is 0.0267. The molecular formula is C15H32O2Si. The van der Waals surface area contributed by atoms with Crippen LogP contribution in [0.2, 0.25) is 18.1 Å². The van der Waals surface area contributed by atoms with Crippen LogP contribution in [0.4, 0.5) is 0 Å². The second-order valence-corrected chi connectivity index (χ2v) is 12.8. The second-order valence-electron chi connectivity index (χ2n) is 8.12. The van der Waals surface area contributed by atoms with E-state index in [9.17, 15) is 5.11 Å². The first-order valence-electron chi connectivity index (χ1n) is 7.27. The van der Waals surface area contributed by atoms with Crippen molar-refractivity contribution >= 4 is 8.32 Å². The SMILES string of the molecule is CC(C)[C@@H](O)C[C@@H]1C[C@]1(C)O[Si](C)(C)C(C)(C)C. The van der Waals surface area contributed by atoms with Crippen LogP contribution < -0.4 is 0 Å². The fraction of sp³-hybridized carbons (Fsp3) is 1.00. The zero-order valence-corrected chi connectivity index (χ0v) is 14.5. The topological polar surface area (TPSA) is 29.5 Å². The first kappa shape index (κ1) is 16.2. The minimum Gasteiger partial charge on any atom is -0.411 e. The van der Waals surface area contributed by atoms with Gasteiger partial charge in [-0.25, -0.2) is 0 Å². The molecule has 18 heavy (non-hydrogen) atoms. The fourth-order valence-electron chi connectivity index (χ4n) is 2.19. The van der Waals surface area contributed by atoms with Crippen molar-refractivity contribution in [3.63, 3.8) is 0 Å². The molecule has 0 amide bonds. The zero-order valence-electron chi connectivity index (χ0n) is 13.5. The van der Waals surface area contributed by atoms with Gasteiger partial charge < -0.3 is 9.53 Å². The molecule has 0 bridgehead atoms. The van der Waals surface area contributed by atoms with Gasteiger partial charge in [-0.15, -0.1) is 0 Å². The summed E-state index contributed by atoms with van der Waals surface area (Å²) >= 11 is 0. The van der Waals surface area contributed by atoms with E-state index in [1.165, 1.54) is 0 Å². The summed E-state index contributed by atoms with van der Waals surface area (Å²) in [6.45, 7) is 17.9. The van der Waals surface area contributed by atoms with Gasteiger partial charge in [-0.3, -0.25) is 0 Å². The predicted octanol–water partition coefficient (Wildman–Crippen LogP) is 4.19. The number of hydrogen-bond acceptors (Lipinski definition) is 2. The first-order valence-corrected chi connectivity index (χ1v) is 10.2. The van der Waals surface area contributed by atoms with E-state index in [1.54, 1.807) is 0 Å². The average molecular weight is 273 g/mol. The van der Waals surface area contributed by atoms with Crippen LogP contribution in [0.3, 0.4) is 0 Å². The smallest absolute Gasteiger partial charge is 0.192 e. The summed E-state index contributed by atoms with van der Waals surface area (Å²) in [5, 5.41) is 10.2. The molecule has 1 rings (SSSR count). The lowest BCUT2D eigenvalue weighted by atomic mass is 10.0. The Bertz CT molecular complexity index is 293. The van der Waals surface area contributed by atoms with E-state index >= 15 is 0 Å². The Labute approximate surface area is 114 Å². The standard InChI is InChI=1S/C15H32O2Si/c1-11(2)13(16)9-12-10-15(12,6)17-18(7,8)14(3,4)5/h11-13,16H,9-10H2,1-8H3/t12-,13+,15+/m1/s1. The monoisotopic (exact) mass is 272 g/mol. The minimum absolute atomic E-state index is 0.0267. The summed E-state index contributed by atoms with van der Waals surface area (Å²) in [6.07, 6.45) is 1.83. The van der Waals surface area contributed by atoms with Crippen molar-refractivity contribution in [3.8, 4) is 0 Å². The van der Waals surface area contributed by atoms with Gasteiger partial charge in [0.25, 0.3) is 0 Å². The third kappa shape index (κ3) is 3.58. The highest BCUT2D eigenvalue weighted by atomic mass is 28.4. The van der Waals surface area contributed by atoms with Crippen LogP contribution in [-0.4, -0.2) is 25.1 Å². The van der Waals surface area contributed by atoms with Crippen LogP contribution in [0.15, 0.2) is 0 Å². The summed E-state index contributed by atoms with van der Waals surface area (Å²) in [5.74, 6) is 0.895. The van der Waals surface area contributed by atoms with Crippen molar-refractivity contribution < 1.29 is 9.53 Å². The average Bonchev–Trinajstić information content (AvgIpc) is 2.72. The molecule has 0 spiro atoms. The molecule has 1 fully saturated rings. The molecule has 0 aliphatic heterocycles. The molecular weight excluding hydrogens is 240 g/mol. The quantitative estimate of drug-likeness (QED) is 0.760. The van der Waals surface area contributed by atoms with Crippen LogP contribution in [0, 0.1) is 11.8 Å². The van der Waals surface area contributed by atoms with Gasteiger partial charge in [0, 0.05) is 0 Å². The minimum atomic E-state index is -1.68. The third-order valence-corrected chi connectivity index (χ3v) is 9.53. The molecule has 1 saturated carbocycles. The molecule has 0 unspecified atom stereocenters. The number of hydrogen-bond donors (Lipinski definition) is 1. The maximum atomic E-state index is 9.98. The molecule has 0 aromatic heterocycles. The molecule has 0 saturated heterocycles. The molecule has 3 atom stereocenters. The molecule has 0 aromatic rings. The van der Waals surface area contributed by atoms with Crippen LogP contribution in [-0.2, 0) is 4.43 Å². The summed E-state index contributed by atoms with van der Waals surface area (Å²) < 4.78 is 6.52. The third-order valence-electron chi connectivity index (χ3n) is 4.95. The Balaban J connectivity index is 2.56. The summed E-state index contributed by atoms with van der Waals surface area (Å²) in [6, 6.07) is 0. The summed E-state index contributed by atoms with van der Waals surface area (Å²) in [7, 11) is -1.68. The zero-order chi connectivity index (χ0) is 14.4. The number of aliphatic hydroxyl groups excluding tert-OH is 1. The lowest BCUT2D eigenvalue weighted by Gasteiger charge is -2.39. The van der Waals surface area contributed by atoms with Crippen LogP contribution in [0.1, 0.15) is 54.4 Å². The van der Waals surface area contributed by atoms with Crippen molar-refractivity contribution in [2.75, 3.05) is 0 Å². The Kier molecular flexibility index (Phi) is 4.42. The summed E-state index contributed by atoms with van der Waals surface area (Å²) in [4.78, 5) is 0. The lowest BCUT2D eigenvalue weighted by molar-refractivity contribution is 0.0891. The Morgan fingerprint density at radius 1 is 1.33 bits per heavy atom. The van der Waals surface area contributed by atoms with Gasteiger partial charge in [-0.2, -0.15) is 0 Å². The highest BCUT2D eigenvalue weighted by molar-refractivity contribution is 6.74. The normalized spacial score (nSPS) is 30.7. The van der Waals surface area contributed by atoms with Crippen molar-refractivity contribution in [1.29, 1.82) is 0 Å². The molecule has 108 valence electrons. The van der Waals surface area contributed by atoms with Gasteiger partial charge in [-0.1, -0.05) is 34.6 Å². The predicted molar refractivity (Wildman–Crippen MR) is 80.3 cm³/mol. The van der Waals surface area contributed by atoms with E-state index in [0.29, 0.717) is 11.8 Å². The lowest BCUT2D eigenvalue weighted by Crippen LogP contribution is -2.44. The largest absolute Gasteiger partial charge is 0.411 e. The highest BCUT2D eigenvalue weighted by Crippen LogP contribution is 2.53. The van der Waals surface area contributed by atoms with Crippen LogP contribution >= 0.6 is 0 Å². The van der Waals surface area contributed by atoms with E-state index in [4.69, 9.17) is 4.43 Å². The Morgan fingerprint density at radius 3 is 2.22 bits per heavy atom. The van der Waals surface area contributed by atoms with E-state index in [1.807, 2.05) is 0 Å². The van der Waals surface area contributed by atoms with E-state index in [0.717, 1.165) is 12.8 Å². The van der Waals surface area contributed by atoms with Gasteiger partial charge in [-0.05, 0) is 49.7 Å².